The van der Waals surface area contributed by atoms with Crippen LogP contribution in [0.4, 0.5) is 0 Å². The largest absolute Gasteiger partial charge is 0.459 e. The second-order valence-electron chi connectivity index (χ2n) is 5.77. The quantitative estimate of drug-likeness (QED) is 0.863. The van der Waals surface area contributed by atoms with Crippen LogP contribution in [-0.4, -0.2) is 39.0 Å². The lowest BCUT2D eigenvalue weighted by Gasteiger charge is -2.19. The third-order valence-corrected chi connectivity index (χ3v) is 2.96. The van der Waals surface area contributed by atoms with Gasteiger partial charge in [-0.1, -0.05) is 28.9 Å². The van der Waals surface area contributed by atoms with Crippen LogP contribution in [-0.2, 0) is 9.53 Å². The third-order valence-electron chi connectivity index (χ3n) is 2.64. The minimum Gasteiger partial charge on any atom is -0.459 e. The van der Waals surface area contributed by atoms with Gasteiger partial charge in [0.25, 0.3) is 5.91 Å². The van der Waals surface area contributed by atoms with Gasteiger partial charge >= 0.3 is 5.97 Å². The van der Waals surface area contributed by atoms with E-state index in [0.717, 1.165) is 0 Å². The van der Waals surface area contributed by atoms with E-state index in [-0.39, 0.29) is 12.2 Å². The number of carbonyl (C=O) groups is 2. The number of hydrogen-bond acceptors (Lipinski definition) is 5. The van der Waals surface area contributed by atoms with Crippen molar-refractivity contribution in [1.29, 1.82) is 0 Å². The summed E-state index contributed by atoms with van der Waals surface area (Å²) in [7, 11) is 0. The van der Waals surface area contributed by atoms with E-state index in [1.807, 2.05) is 0 Å². The van der Waals surface area contributed by atoms with Crippen molar-refractivity contribution < 1.29 is 14.3 Å². The molecule has 8 heteroatoms. The lowest BCUT2D eigenvalue weighted by atomic mass is 10.2. The average molecular weight is 337 g/mol. The summed E-state index contributed by atoms with van der Waals surface area (Å²) < 4.78 is 6.50. The molecule has 0 aliphatic heterocycles. The van der Waals surface area contributed by atoms with E-state index in [1.54, 1.807) is 45.0 Å². The summed E-state index contributed by atoms with van der Waals surface area (Å²) in [4.78, 5) is 23.5. The molecule has 0 fully saturated rings. The van der Waals surface area contributed by atoms with Gasteiger partial charge in [-0.2, -0.15) is 0 Å². The molecule has 2 rings (SSSR count). The van der Waals surface area contributed by atoms with Crippen molar-refractivity contribution in [3.63, 3.8) is 0 Å². The van der Waals surface area contributed by atoms with Crippen LogP contribution >= 0.6 is 11.6 Å². The molecule has 0 aliphatic carbocycles. The van der Waals surface area contributed by atoms with Crippen LogP contribution in [0.2, 0.25) is 5.02 Å². The fourth-order valence-electron chi connectivity index (χ4n) is 1.74. The maximum atomic E-state index is 12.0. The van der Waals surface area contributed by atoms with Gasteiger partial charge in [0.1, 0.15) is 12.1 Å². The number of para-hydroxylation sites is 1. The molecule has 23 heavy (non-hydrogen) atoms. The maximum Gasteiger partial charge on any atom is 0.325 e. The van der Waals surface area contributed by atoms with Crippen LogP contribution in [0.1, 0.15) is 31.3 Å². The summed E-state index contributed by atoms with van der Waals surface area (Å²) in [6.45, 7) is 5.01. The van der Waals surface area contributed by atoms with Gasteiger partial charge in [0, 0.05) is 0 Å². The summed E-state index contributed by atoms with van der Waals surface area (Å²) >= 11 is 6.06. The maximum absolute atomic E-state index is 12.0. The zero-order chi connectivity index (χ0) is 17.0. The second kappa shape index (κ2) is 6.78. The highest BCUT2D eigenvalue weighted by molar-refractivity contribution is 6.32. The Bertz CT molecular complexity index is 722. The highest BCUT2D eigenvalue weighted by atomic mass is 35.5. The fourth-order valence-corrected chi connectivity index (χ4v) is 1.97. The zero-order valence-electron chi connectivity index (χ0n) is 13.0. The number of rotatable bonds is 4. The number of nitrogens with one attached hydrogen (secondary N) is 1. The van der Waals surface area contributed by atoms with E-state index in [0.29, 0.717) is 10.7 Å². The molecule has 1 aromatic heterocycles. The monoisotopic (exact) mass is 336 g/mol. The topological polar surface area (TPSA) is 86.1 Å². The molecule has 1 aromatic carbocycles. The minimum absolute atomic E-state index is 0.0773. The van der Waals surface area contributed by atoms with Crippen LogP contribution in [0.25, 0.3) is 5.69 Å². The molecule has 0 aliphatic rings. The summed E-state index contributed by atoms with van der Waals surface area (Å²) in [5.74, 6) is -1.04. The SMILES string of the molecule is CC(C)(C)OC(=O)CNC(=O)c1cn(-c2ccccc2Cl)nn1. The Kier molecular flexibility index (Phi) is 5.00. The van der Waals surface area contributed by atoms with E-state index in [4.69, 9.17) is 16.3 Å². The van der Waals surface area contributed by atoms with Gasteiger partial charge in [-0.25, -0.2) is 4.68 Å². The van der Waals surface area contributed by atoms with Crippen molar-refractivity contribution in [2.75, 3.05) is 6.54 Å². The molecule has 7 nitrogen and oxygen atoms in total. The second-order valence-corrected chi connectivity index (χ2v) is 6.18. The van der Waals surface area contributed by atoms with Crippen LogP contribution in [0, 0.1) is 0 Å². The Balaban J connectivity index is 1.99. The highest BCUT2D eigenvalue weighted by Crippen LogP contribution is 2.18. The van der Waals surface area contributed by atoms with Crippen LogP contribution in [0.15, 0.2) is 30.5 Å². The molecule has 0 bridgehead atoms. The number of hydrogen-bond donors (Lipinski definition) is 1. The van der Waals surface area contributed by atoms with Crippen LogP contribution in [0.5, 0.6) is 0 Å². The van der Waals surface area contributed by atoms with E-state index in [9.17, 15) is 9.59 Å². The van der Waals surface area contributed by atoms with Gasteiger partial charge in [-0.15, -0.1) is 5.10 Å². The lowest BCUT2D eigenvalue weighted by molar-refractivity contribution is -0.153. The lowest BCUT2D eigenvalue weighted by Crippen LogP contribution is -2.34. The molecule has 1 amide bonds. The van der Waals surface area contributed by atoms with E-state index in [2.05, 4.69) is 15.6 Å². The number of nitrogens with zero attached hydrogens (tertiary/aromatic N) is 3. The first kappa shape index (κ1) is 17.0. The molecule has 0 saturated heterocycles. The first-order chi connectivity index (χ1) is 10.8. The molecule has 0 saturated carbocycles. The number of esters is 1. The number of amides is 1. The Morgan fingerprint density at radius 1 is 1.30 bits per heavy atom. The number of aromatic nitrogens is 3. The van der Waals surface area contributed by atoms with Gasteiger partial charge in [0.2, 0.25) is 0 Å². The number of ether oxygens (including phenoxy) is 1. The Morgan fingerprint density at radius 3 is 2.65 bits per heavy atom. The molecule has 1 N–H and O–H groups in total. The van der Waals surface area contributed by atoms with Crippen molar-refractivity contribution in [1.82, 2.24) is 20.3 Å². The van der Waals surface area contributed by atoms with Crippen LogP contribution < -0.4 is 5.32 Å². The van der Waals surface area contributed by atoms with E-state index < -0.39 is 17.5 Å². The van der Waals surface area contributed by atoms with Gasteiger partial charge in [-0.05, 0) is 32.9 Å². The van der Waals surface area contributed by atoms with E-state index in [1.165, 1.54) is 10.9 Å². The molecule has 0 radical (unpaired) electrons. The van der Waals surface area contributed by atoms with Crippen molar-refractivity contribution >= 4 is 23.5 Å². The Morgan fingerprint density at radius 2 is 2.00 bits per heavy atom. The number of halogens is 1. The third kappa shape index (κ3) is 4.79. The van der Waals surface area contributed by atoms with E-state index >= 15 is 0 Å². The van der Waals surface area contributed by atoms with Gasteiger partial charge < -0.3 is 10.1 Å². The van der Waals surface area contributed by atoms with Crippen molar-refractivity contribution in [3.8, 4) is 5.69 Å². The molecular weight excluding hydrogens is 320 g/mol. The molecule has 0 spiro atoms. The molecule has 122 valence electrons. The first-order valence-corrected chi connectivity index (χ1v) is 7.31. The first-order valence-electron chi connectivity index (χ1n) is 6.93. The summed E-state index contributed by atoms with van der Waals surface area (Å²) in [5, 5.41) is 10.6. The smallest absolute Gasteiger partial charge is 0.325 e. The normalized spacial score (nSPS) is 11.1. The predicted molar refractivity (Wildman–Crippen MR) is 84.5 cm³/mol. The Labute approximate surface area is 138 Å². The van der Waals surface area contributed by atoms with Crippen molar-refractivity contribution in [2.24, 2.45) is 0 Å². The molecule has 0 unspecified atom stereocenters. The zero-order valence-corrected chi connectivity index (χ0v) is 13.8. The number of benzene rings is 1. The Hall–Kier alpha value is -2.41. The summed E-state index contributed by atoms with van der Waals surface area (Å²) in [5.41, 5.74) is 0.0796. The van der Waals surface area contributed by atoms with Crippen LogP contribution in [0.3, 0.4) is 0 Å². The standard InChI is InChI=1S/C15H17ClN4O3/c1-15(2,3)23-13(21)8-17-14(22)11-9-20(19-18-11)12-7-5-4-6-10(12)16/h4-7,9H,8H2,1-3H3,(H,17,22). The minimum atomic E-state index is -0.602. The molecule has 1 heterocycles. The van der Waals surface area contributed by atoms with Gasteiger partial charge in [0.15, 0.2) is 5.69 Å². The summed E-state index contributed by atoms with van der Waals surface area (Å²) in [6.07, 6.45) is 1.44. The number of carbonyl (C=O) groups excluding carboxylic acids is 2. The highest BCUT2D eigenvalue weighted by Gasteiger charge is 2.18. The average Bonchev–Trinajstić information content (AvgIpc) is 2.93. The predicted octanol–water partition coefficient (Wildman–Crippen LogP) is 1.99. The molecule has 0 atom stereocenters. The fraction of sp³-hybridized carbons (Fsp3) is 0.333. The molecular formula is C15H17ClN4O3. The summed E-state index contributed by atoms with van der Waals surface area (Å²) in [6, 6.07) is 7.04. The molecule has 2 aromatic rings. The van der Waals surface area contributed by atoms with Gasteiger partial charge in [-0.3, -0.25) is 9.59 Å². The van der Waals surface area contributed by atoms with Crippen molar-refractivity contribution in [3.05, 3.63) is 41.2 Å². The van der Waals surface area contributed by atoms with Crippen molar-refractivity contribution in [2.45, 2.75) is 26.4 Å². The van der Waals surface area contributed by atoms with Gasteiger partial charge in [0.05, 0.1) is 16.9 Å².